The van der Waals surface area contributed by atoms with E-state index in [2.05, 4.69) is 19.9 Å². The number of rotatable bonds is 7. The first-order chi connectivity index (χ1) is 14.3. The highest BCUT2D eigenvalue weighted by molar-refractivity contribution is 7.89. The number of aromatic nitrogens is 1. The Morgan fingerprint density at radius 2 is 1.87 bits per heavy atom. The molecule has 1 amide bonds. The van der Waals surface area contributed by atoms with Crippen molar-refractivity contribution in [2.24, 2.45) is 0 Å². The molecule has 3 rings (SSSR count). The fourth-order valence-electron chi connectivity index (χ4n) is 3.38. The Balaban J connectivity index is 1.77. The molecule has 1 aliphatic heterocycles. The number of ether oxygens (including phenoxy) is 1. The van der Waals surface area contributed by atoms with Crippen LogP contribution in [0.1, 0.15) is 43.5 Å². The van der Waals surface area contributed by atoms with Gasteiger partial charge in [-0.2, -0.15) is 0 Å². The molecule has 0 aliphatic carbocycles. The van der Waals surface area contributed by atoms with E-state index in [1.54, 1.807) is 26.1 Å². The van der Waals surface area contributed by atoms with E-state index >= 15 is 0 Å². The number of piperidine rings is 1. The van der Waals surface area contributed by atoms with Gasteiger partial charge < -0.3 is 15.0 Å². The number of carbonyl (C=O) groups is 1. The zero-order valence-corrected chi connectivity index (χ0v) is 18.3. The lowest BCUT2D eigenvalue weighted by Gasteiger charge is -2.27. The first-order valence-corrected chi connectivity index (χ1v) is 11.5. The predicted molar refractivity (Wildman–Crippen MR) is 117 cm³/mol. The normalized spacial score (nSPS) is 14.6. The molecule has 0 bridgehead atoms. The van der Waals surface area contributed by atoms with Crippen molar-refractivity contribution in [3.8, 4) is 5.75 Å². The summed E-state index contributed by atoms with van der Waals surface area (Å²) in [5.41, 5.74) is 0.751. The summed E-state index contributed by atoms with van der Waals surface area (Å²) in [5, 5.41) is 2.77. The highest BCUT2D eigenvalue weighted by Gasteiger charge is 2.22. The third kappa shape index (κ3) is 5.28. The van der Waals surface area contributed by atoms with Gasteiger partial charge in [-0.15, -0.1) is 0 Å². The third-order valence-electron chi connectivity index (χ3n) is 4.79. The summed E-state index contributed by atoms with van der Waals surface area (Å²) in [6.07, 6.45) is 5.18. The molecule has 1 fully saturated rings. The maximum Gasteiger partial charge on any atom is 0.255 e. The predicted octanol–water partition coefficient (Wildman–Crippen LogP) is 3.02. The van der Waals surface area contributed by atoms with Crippen LogP contribution in [0.2, 0.25) is 0 Å². The molecule has 2 N–H and O–H groups in total. The van der Waals surface area contributed by atoms with Gasteiger partial charge in [0.05, 0.1) is 19.0 Å². The molecule has 0 atom stereocenters. The van der Waals surface area contributed by atoms with Gasteiger partial charge in [-0.25, -0.2) is 18.1 Å². The molecule has 2 aromatic rings. The van der Waals surface area contributed by atoms with E-state index in [0.717, 1.165) is 31.7 Å². The van der Waals surface area contributed by atoms with Gasteiger partial charge in [0.15, 0.2) is 0 Å². The number of amides is 1. The lowest BCUT2D eigenvalue weighted by atomic mass is 10.1. The number of methoxy groups -OCH3 is 1. The van der Waals surface area contributed by atoms with Gasteiger partial charge >= 0.3 is 0 Å². The van der Waals surface area contributed by atoms with Gasteiger partial charge in [-0.05, 0) is 63.4 Å². The van der Waals surface area contributed by atoms with Crippen molar-refractivity contribution < 1.29 is 17.9 Å². The second kappa shape index (κ2) is 9.44. The Morgan fingerprint density at radius 3 is 2.47 bits per heavy atom. The first-order valence-electron chi connectivity index (χ1n) is 10.0. The molecule has 0 saturated carbocycles. The molecule has 30 heavy (non-hydrogen) atoms. The van der Waals surface area contributed by atoms with Crippen LogP contribution in [0.3, 0.4) is 0 Å². The van der Waals surface area contributed by atoms with Crippen LogP contribution in [0.15, 0.2) is 41.4 Å². The average Bonchev–Trinajstić information content (AvgIpc) is 2.73. The minimum atomic E-state index is -3.82. The van der Waals surface area contributed by atoms with Crippen LogP contribution in [-0.4, -0.2) is 45.6 Å². The Bertz CT molecular complexity index is 985. The number of pyridine rings is 1. The summed E-state index contributed by atoms with van der Waals surface area (Å²) in [6.45, 7) is 5.43. The molecule has 1 saturated heterocycles. The fourth-order valence-corrected chi connectivity index (χ4v) is 4.82. The molecule has 162 valence electrons. The number of carbonyl (C=O) groups excluding carboxylic acids is 1. The van der Waals surface area contributed by atoms with Crippen LogP contribution in [-0.2, 0) is 10.0 Å². The van der Waals surface area contributed by atoms with Crippen molar-refractivity contribution in [3.05, 3.63) is 42.1 Å². The topological polar surface area (TPSA) is 101 Å². The molecule has 9 heteroatoms. The lowest BCUT2D eigenvalue weighted by Crippen LogP contribution is -2.30. The summed E-state index contributed by atoms with van der Waals surface area (Å²) in [4.78, 5) is 19.3. The van der Waals surface area contributed by atoms with E-state index in [1.165, 1.54) is 31.7 Å². The Kier molecular flexibility index (Phi) is 6.94. The van der Waals surface area contributed by atoms with Crippen LogP contribution in [0.5, 0.6) is 5.75 Å². The Labute approximate surface area is 177 Å². The summed E-state index contributed by atoms with van der Waals surface area (Å²) >= 11 is 0. The fraction of sp³-hybridized carbons (Fsp3) is 0.429. The van der Waals surface area contributed by atoms with Gasteiger partial charge in [0.1, 0.15) is 16.5 Å². The van der Waals surface area contributed by atoms with Crippen molar-refractivity contribution in [2.75, 3.05) is 30.4 Å². The molecule has 0 unspecified atom stereocenters. The number of nitrogens with zero attached hydrogens (tertiary/aromatic N) is 2. The second-order valence-corrected chi connectivity index (χ2v) is 9.23. The SMILES string of the molecule is COc1ccc(C(=O)Nc2ccc(N3CCCCC3)nc2)cc1S(=O)(=O)NC(C)C. The standard InChI is InChI=1S/C21H28N4O4S/c1-15(2)24-30(27,28)19-13-16(7-9-18(19)29-3)21(26)23-17-8-10-20(22-14-17)25-11-5-4-6-12-25/h7-10,13-15,24H,4-6,11-12H2,1-3H3,(H,23,26). The summed E-state index contributed by atoms with van der Waals surface area (Å²) < 4.78 is 32.9. The van der Waals surface area contributed by atoms with E-state index in [9.17, 15) is 13.2 Å². The van der Waals surface area contributed by atoms with E-state index in [4.69, 9.17) is 4.74 Å². The lowest BCUT2D eigenvalue weighted by molar-refractivity contribution is 0.102. The van der Waals surface area contributed by atoms with Gasteiger partial charge in [0, 0.05) is 24.7 Å². The monoisotopic (exact) mass is 432 g/mol. The van der Waals surface area contributed by atoms with Crippen LogP contribution in [0.4, 0.5) is 11.5 Å². The maximum atomic E-state index is 12.7. The molecule has 2 heterocycles. The number of hydrogen-bond acceptors (Lipinski definition) is 6. The largest absolute Gasteiger partial charge is 0.495 e. The number of hydrogen-bond donors (Lipinski definition) is 2. The number of sulfonamides is 1. The molecular formula is C21H28N4O4S. The molecule has 1 aromatic carbocycles. The van der Waals surface area contributed by atoms with E-state index in [-0.39, 0.29) is 22.3 Å². The minimum Gasteiger partial charge on any atom is -0.495 e. The Morgan fingerprint density at radius 1 is 1.13 bits per heavy atom. The first kappa shape index (κ1) is 22.0. The smallest absolute Gasteiger partial charge is 0.255 e. The third-order valence-corrected chi connectivity index (χ3v) is 6.47. The summed E-state index contributed by atoms with van der Waals surface area (Å²) in [7, 11) is -2.43. The van der Waals surface area contributed by atoms with Crippen molar-refractivity contribution in [1.29, 1.82) is 0 Å². The highest BCUT2D eigenvalue weighted by Crippen LogP contribution is 2.26. The molecular weight excluding hydrogens is 404 g/mol. The van der Waals surface area contributed by atoms with E-state index in [1.807, 2.05) is 6.07 Å². The number of anilines is 2. The molecule has 0 spiro atoms. The number of benzene rings is 1. The van der Waals surface area contributed by atoms with Crippen LogP contribution >= 0.6 is 0 Å². The minimum absolute atomic E-state index is 0.0788. The highest BCUT2D eigenvalue weighted by atomic mass is 32.2. The molecule has 1 aromatic heterocycles. The zero-order chi connectivity index (χ0) is 21.7. The van der Waals surface area contributed by atoms with Crippen LogP contribution in [0, 0.1) is 0 Å². The van der Waals surface area contributed by atoms with Gasteiger partial charge in [0.2, 0.25) is 10.0 Å². The Hall–Kier alpha value is -2.65. The summed E-state index contributed by atoms with van der Waals surface area (Å²) in [5.74, 6) is 0.642. The summed E-state index contributed by atoms with van der Waals surface area (Å²) in [6, 6.07) is 7.71. The van der Waals surface area contributed by atoms with Gasteiger partial charge in [-0.3, -0.25) is 4.79 Å². The molecule has 0 radical (unpaired) electrons. The second-order valence-electron chi connectivity index (χ2n) is 7.55. The van der Waals surface area contributed by atoms with Crippen molar-refractivity contribution in [2.45, 2.75) is 44.0 Å². The molecule has 8 nitrogen and oxygen atoms in total. The zero-order valence-electron chi connectivity index (χ0n) is 17.5. The van der Waals surface area contributed by atoms with E-state index in [0.29, 0.717) is 5.69 Å². The van der Waals surface area contributed by atoms with Crippen molar-refractivity contribution in [3.63, 3.8) is 0 Å². The van der Waals surface area contributed by atoms with Gasteiger partial charge in [0.25, 0.3) is 5.91 Å². The number of nitrogens with one attached hydrogen (secondary N) is 2. The molecule has 1 aliphatic rings. The maximum absolute atomic E-state index is 12.7. The quantitative estimate of drug-likeness (QED) is 0.698. The van der Waals surface area contributed by atoms with Crippen molar-refractivity contribution in [1.82, 2.24) is 9.71 Å². The van der Waals surface area contributed by atoms with Crippen LogP contribution in [0.25, 0.3) is 0 Å². The van der Waals surface area contributed by atoms with Gasteiger partial charge in [-0.1, -0.05) is 0 Å². The average molecular weight is 433 g/mol. The van der Waals surface area contributed by atoms with Crippen molar-refractivity contribution >= 4 is 27.4 Å². The van der Waals surface area contributed by atoms with E-state index < -0.39 is 15.9 Å². The van der Waals surface area contributed by atoms with Crippen LogP contribution < -0.4 is 19.7 Å².